The smallest absolute Gasteiger partial charge is 0.354 e. The molecular weight excluding hydrogens is 566 g/mol. The van der Waals surface area contributed by atoms with E-state index in [-0.39, 0.29) is 53.7 Å². The highest BCUT2D eigenvalue weighted by Crippen LogP contribution is 2.48. The molecule has 2 aromatic carbocycles. The minimum absolute atomic E-state index is 0.0123. The number of pyridine rings is 1. The van der Waals surface area contributed by atoms with Crippen molar-refractivity contribution in [3.05, 3.63) is 100 Å². The number of imidazole rings is 1. The summed E-state index contributed by atoms with van der Waals surface area (Å²) in [6.45, 7) is 1.22. The Morgan fingerprint density at radius 2 is 1.77 bits per heavy atom. The maximum atomic E-state index is 15.4. The van der Waals surface area contributed by atoms with Gasteiger partial charge in [-0.3, -0.25) is 4.39 Å². The average molecular weight is 592 g/mol. The number of nitrogens with zero attached hydrogens (tertiary/aromatic N) is 5. The minimum atomic E-state index is -1.23. The number of fused-ring (bicyclic) bond motifs is 1. The van der Waals surface area contributed by atoms with Gasteiger partial charge in [-0.25, -0.2) is 32.9 Å². The highest BCUT2D eigenvalue weighted by atomic mass is 19.1. The Morgan fingerprint density at radius 3 is 2.49 bits per heavy atom. The molecule has 0 radical (unpaired) electrons. The van der Waals surface area contributed by atoms with Crippen LogP contribution >= 0.6 is 0 Å². The van der Waals surface area contributed by atoms with Crippen LogP contribution in [0, 0.1) is 29.8 Å². The van der Waals surface area contributed by atoms with Crippen molar-refractivity contribution in [3.63, 3.8) is 0 Å². The van der Waals surface area contributed by atoms with Crippen LogP contribution in [-0.2, 0) is 19.6 Å². The van der Waals surface area contributed by atoms with Gasteiger partial charge in [0, 0.05) is 35.7 Å². The monoisotopic (exact) mass is 591 g/mol. The first-order chi connectivity index (χ1) is 20.6. The van der Waals surface area contributed by atoms with Crippen molar-refractivity contribution in [2.75, 3.05) is 6.67 Å². The van der Waals surface area contributed by atoms with E-state index >= 15 is 8.78 Å². The number of ether oxygens (including phenoxy) is 1. The number of hydrogen-bond donors (Lipinski definition) is 1. The molecule has 1 saturated carbocycles. The van der Waals surface area contributed by atoms with Gasteiger partial charge in [0.2, 0.25) is 0 Å². The van der Waals surface area contributed by atoms with Crippen LogP contribution < -0.4 is 4.74 Å². The Kier molecular flexibility index (Phi) is 7.28. The highest BCUT2D eigenvalue weighted by molar-refractivity contribution is 5.88. The summed E-state index contributed by atoms with van der Waals surface area (Å²) in [6, 6.07) is 10.8. The number of halogens is 4. The van der Waals surface area contributed by atoms with Crippen LogP contribution in [0.4, 0.5) is 17.6 Å². The molecule has 0 spiro atoms. The molecule has 1 fully saturated rings. The van der Waals surface area contributed by atoms with Gasteiger partial charge in [-0.15, -0.1) is 0 Å². The molecule has 6 rings (SSSR count). The molecule has 1 aliphatic carbocycles. The topological polar surface area (TPSA) is 103 Å². The van der Waals surface area contributed by atoms with Gasteiger partial charge in [0.05, 0.1) is 12.4 Å². The predicted molar refractivity (Wildman–Crippen MR) is 148 cm³/mol. The molecule has 0 bridgehead atoms. The number of hydrogen-bond acceptors (Lipinski definition) is 6. The van der Waals surface area contributed by atoms with E-state index < -0.39 is 35.5 Å². The molecule has 3 aromatic heterocycles. The quantitative estimate of drug-likeness (QED) is 0.192. The van der Waals surface area contributed by atoms with Crippen molar-refractivity contribution in [3.8, 4) is 17.3 Å². The molecule has 12 heteroatoms. The third kappa shape index (κ3) is 5.77. The lowest BCUT2D eigenvalue weighted by Crippen LogP contribution is -2.17. The third-order valence-corrected chi connectivity index (χ3v) is 7.58. The van der Waals surface area contributed by atoms with Crippen LogP contribution in [0.15, 0.2) is 54.7 Å². The van der Waals surface area contributed by atoms with Crippen LogP contribution in [0.25, 0.3) is 22.4 Å². The number of carboxylic acids is 1. The first-order valence-electron chi connectivity index (χ1n) is 13.5. The average Bonchev–Trinajstić information content (AvgIpc) is 3.69. The molecule has 0 saturated heterocycles. The second-order valence-corrected chi connectivity index (χ2v) is 10.8. The van der Waals surface area contributed by atoms with E-state index in [1.165, 1.54) is 30.5 Å². The lowest BCUT2D eigenvalue weighted by molar-refractivity contribution is 0.0690. The maximum Gasteiger partial charge on any atom is 0.354 e. The molecule has 3 heterocycles. The van der Waals surface area contributed by atoms with Crippen molar-refractivity contribution in [1.82, 2.24) is 24.5 Å². The van der Waals surface area contributed by atoms with Crippen LogP contribution in [0.3, 0.4) is 0 Å². The van der Waals surface area contributed by atoms with Gasteiger partial charge < -0.3 is 14.4 Å². The second-order valence-electron chi connectivity index (χ2n) is 10.8. The van der Waals surface area contributed by atoms with E-state index in [4.69, 9.17) is 4.74 Å². The lowest BCUT2D eigenvalue weighted by Gasteiger charge is -2.15. The number of carboxylic acid groups (broad SMARTS) is 1. The van der Waals surface area contributed by atoms with Gasteiger partial charge in [-0.2, -0.15) is 4.98 Å². The van der Waals surface area contributed by atoms with Crippen LogP contribution in [0.2, 0.25) is 0 Å². The lowest BCUT2D eigenvalue weighted by atomic mass is 10.0. The Labute approximate surface area is 243 Å². The zero-order chi connectivity index (χ0) is 30.3. The Balaban J connectivity index is 1.28. The largest absolute Gasteiger partial charge is 0.477 e. The molecule has 1 aliphatic rings. The van der Waals surface area contributed by atoms with E-state index in [9.17, 15) is 18.7 Å². The van der Waals surface area contributed by atoms with Gasteiger partial charge in [0.15, 0.2) is 11.3 Å². The number of benzene rings is 2. The first kappa shape index (κ1) is 28.3. The number of aromatic carboxylic acids is 1. The molecule has 0 unspecified atom stereocenters. The fourth-order valence-corrected chi connectivity index (χ4v) is 4.88. The van der Waals surface area contributed by atoms with Crippen LogP contribution in [0.1, 0.15) is 45.8 Å². The molecular formula is C31H25F4N5O3. The van der Waals surface area contributed by atoms with Gasteiger partial charge in [0.25, 0.3) is 0 Å². The summed E-state index contributed by atoms with van der Waals surface area (Å²) < 4.78 is 65.9. The Morgan fingerprint density at radius 1 is 0.977 bits per heavy atom. The normalized spacial score (nSPS) is 13.8. The van der Waals surface area contributed by atoms with E-state index in [0.29, 0.717) is 29.7 Å². The summed E-state index contributed by atoms with van der Waals surface area (Å²) in [4.78, 5) is 28.4. The summed E-state index contributed by atoms with van der Waals surface area (Å²) in [5.41, 5.74) is 0.756. The molecule has 1 N–H and O–H groups in total. The van der Waals surface area contributed by atoms with Gasteiger partial charge in [-0.1, -0.05) is 12.1 Å². The number of aryl methyl sites for hydroxylation is 1. The highest BCUT2D eigenvalue weighted by Gasteiger charge is 2.44. The van der Waals surface area contributed by atoms with Crippen molar-refractivity contribution in [1.29, 1.82) is 0 Å². The van der Waals surface area contributed by atoms with E-state index in [1.54, 1.807) is 23.6 Å². The maximum absolute atomic E-state index is 15.4. The minimum Gasteiger partial charge on any atom is -0.477 e. The van der Waals surface area contributed by atoms with Gasteiger partial charge in [0.1, 0.15) is 35.4 Å². The molecule has 0 aliphatic heterocycles. The summed E-state index contributed by atoms with van der Waals surface area (Å²) in [6.07, 6.45) is 2.46. The first-order valence-corrected chi connectivity index (χ1v) is 13.5. The SMILES string of the molecule is Cc1ccc(COc2nccc(-c3cc(F)c(Cc4nc5ccc(C(=O)O)nc5n4CC4(CF)CC4)cc3F)n2)c(F)c1. The molecule has 0 amide bonds. The fourth-order valence-electron chi connectivity index (χ4n) is 4.88. The Bertz CT molecular complexity index is 1870. The van der Waals surface area contributed by atoms with Crippen LogP contribution in [-0.4, -0.2) is 42.3 Å². The molecule has 220 valence electrons. The zero-order valence-electron chi connectivity index (χ0n) is 23.0. The zero-order valence-corrected chi connectivity index (χ0v) is 23.0. The number of carbonyl (C=O) groups is 1. The van der Waals surface area contributed by atoms with Gasteiger partial charge >= 0.3 is 12.0 Å². The van der Waals surface area contributed by atoms with Gasteiger partial charge in [-0.05, 0) is 67.3 Å². The van der Waals surface area contributed by atoms with E-state index in [1.807, 2.05) is 0 Å². The summed E-state index contributed by atoms with van der Waals surface area (Å²) in [5.74, 6) is -2.86. The van der Waals surface area contributed by atoms with Crippen molar-refractivity contribution >= 4 is 17.1 Å². The summed E-state index contributed by atoms with van der Waals surface area (Å²) in [5, 5.41) is 9.40. The Hall–Kier alpha value is -4.87. The van der Waals surface area contributed by atoms with E-state index in [0.717, 1.165) is 17.7 Å². The van der Waals surface area contributed by atoms with Crippen molar-refractivity contribution in [2.45, 2.75) is 39.3 Å². The second kappa shape index (κ2) is 11.1. The predicted octanol–water partition coefficient (Wildman–Crippen LogP) is 6.23. The number of aromatic nitrogens is 5. The molecule has 0 atom stereocenters. The third-order valence-electron chi connectivity index (χ3n) is 7.58. The summed E-state index contributed by atoms with van der Waals surface area (Å²) >= 11 is 0. The standard InChI is InChI=1S/C31H25F4N5O3/c1-17-2-3-18(21(33)10-17)14-43-30-36-9-6-24(39-30)20-13-22(34)19(11-23(20)35)12-27-37-25-4-5-26(29(41)42)38-28(25)40(27)16-31(15-32)7-8-31/h2-6,9-11,13H,7-8,12,14-16H2,1H3,(H,41,42). The molecule has 43 heavy (non-hydrogen) atoms. The fraction of sp³-hybridized carbons (Fsp3) is 0.258. The van der Waals surface area contributed by atoms with Crippen molar-refractivity contribution < 1.29 is 32.2 Å². The molecule has 5 aromatic rings. The van der Waals surface area contributed by atoms with Crippen molar-refractivity contribution in [2.24, 2.45) is 5.41 Å². The summed E-state index contributed by atoms with van der Waals surface area (Å²) in [7, 11) is 0. The van der Waals surface area contributed by atoms with Crippen LogP contribution in [0.5, 0.6) is 6.01 Å². The number of rotatable bonds is 10. The molecule has 8 nitrogen and oxygen atoms in total. The number of alkyl halides is 1. The van der Waals surface area contributed by atoms with E-state index in [2.05, 4.69) is 19.9 Å².